The van der Waals surface area contributed by atoms with Gasteiger partial charge in [0.05, 0.1) is 5.56 Å². The number of carbonyl (C=O) groups excluding carboxylic acids is 3. The average molecular weight is 529 g/mol. The maximum absolute atomic E-state index is 13.0. The molecular formula is C32H32O7. The summed E-state index contributed by atoms with van der Waals surface area (Å²) in [6.07, 6.45) is 6.49. The van der Waals surface area contributed by atoms with E-state index in [4.69, 9.17) is 18.9 Å². The summed E-state index contributed by atoms with van der Waals surface area (Å²) in [6.45, 7) is 4.06. The van der Waals surface area contributed by atoms with Gasteiger partial charge in [0, 0.05) is 41.7 Å². The van der Waals surface area contributed by atoms with E-state index in [1.54, 1.807) is 48.5 Å². The summed E-state index contributed by atoms with van der Waals surface area (Å²) in [5.41, 5.74) is 1.12. The second kappa shape index (κ2) is 11.3. The van der Waals surface area contributed by atoms with Gasteiger partial charge in [-0.15, -0.1) is 0 Å². The first-order valence-electron chi connectivity index (χ1n) is 13.7. The summed E-state index contributed by atoms with van der Waals surface area (Å²) < 4.78 is 23.5. The SMILES string of the molecule is CCCCCCCC(=O)Oc1ccc2c(c1)Oc1cc(OC(=O)CCC)ccc1C21OC(=O)c2ccccc21. The van der Waals surface area contributed by atoms with Crippen molar-refractivity contribution in [3.63, 3.8) is 0 Å². The summed E-state index contributed by atoms with van der Waals surface area (Å²) in [5.74, 6) is 0.347. The van der Waals surface area contributed by atoms with Gasteiger partial charge in [-0.2, -0.15) is 0 Å². The predicted molar refractivity (Wildman–Crippen MR) is 144 cm³/mol. The molecule has 2 heterocycles. The van der Waals surface area contributed by atoms with E-state index in [9.17, 15) is 14.4 Å². The number of hydrogen-bond acceptors (Lipinski definition) is 7. The van der Waals surface area contributed by atoms with Crippen molar-refractivity contribution in [2.24, 2.45) is 0 Å². The lowest BCUT2D eigenvalue weighted by Crippen LogP contribution is -2.33. The predicted octanol–water partition coefficient (Wildman–Crippen LogP) is 7.23. The van der Waals surface area contributed by atoms with E-state index in [0.29, 0.717) is 64.5 Å². The topological polar surface area (TPSA) is 88.1 Å². The van der Waals surface area contributed by atoms with Crippen molar-refractivity contribution in [2.45, 2.75) is 70.8 Å². The van der Waals surface area contributed by atoms with Crippen molar-refractivity contribution in [1.82, 2.24) is 0 Å². The number of unbranched alkanes of at least 4 members (excludes halogenated alkanes) is 4. The Bertz CT molecular complexity index is 1410. The van der Waals surface area contributed by atoms with Crippen LogP contribution in [0.1, 0.15) is 92.3 Å². The minimum atomic E-state index is -1.26. The minimum Gasteiger partial charge on any atom is -0.456 e. The standard InChI is InChI=1S/C32H32O7/c1-3-5-6-7-8-14-30(34)37-22-16-18-26-28(20-22)38-27-19-21(36-29(33)11-4-2)15-17-25(27)32(26)24-13-10-9-12-23(24)31(35)39-32/h9-10,12-13,15-20H,3-8,11,14H2,1-2H3. The molecular weight excluding hydrogens is 496 g/mol. The molecule has 5 rings (SSSR count). The molecule has 0 radical (unpaired) electrons. The molecule has 1 spiro atoms. The van der Waals surface area contributed by atoms with Crippen LogP contribution in [0.5, 0.6) is 23.0 Å². The highest BCUT2D eigenvalue weighted by Crippen LogP contribution is 2.57. The Labute approximate surface area is 228 Å². The second-order valence-electron chi connectivity index (χ2n) is 9.90. The van der Waals surface area contributed by atoms with Crippen LogP contribution >= 0.6 is 0 Å². The number of carbonyl (C=O) groups is 3. The molecule has 0 aliphatic carbocycles. The third-order valence-corrected chi connectivity index (χ3v) is 7.06. The zero-order valence-electron chi connectivity index (χ0n) is 22.3. The van der Waals surface area contributed by atoms with Gasteiger partial charge in [-0.25, -0.2) is 4.79 Å². The Morgan fingerprint density at radius 2 is 1.33 bits per heavy atom. The first-order valence-corrected chi connectivity index (χ1v) is 13.7. The third-order valence-electron chi connectivity index (χ3n) is 7.06. The lowest BCUT2D eigenvalue weighted by atomic mass is 9.77. The van der Waals surface area contributed by atoms with Crippen LogP contribution in [0.2, 0.25) is 0 Å². The first-order chi connectivity index (χ1) is 19.0. The van der Waals surface area contributed by atoms with Gasteiger partial charge in [0.25, 0.3) is 0 Å². The molecule has 3 aromatic rings. The zero-order chi connectivity index (χ0) is 27.4. The van der Waals surface area contributed by atoms with Crippen molar-refractivity contribution < 1.29 is 33.3 Å². The van der Waals surface area contributed by atoms with Crippen molar-refractivity contribution in [1.29, 1.82) is 0 Å². The van der Waals surface area contributed by atoms with E-state index in [2.05, 4.69) is 6.92 Å². The average Bonchev–Trinajstić information content (AvgIpc) is 3.21. The first kappa shape index (κ1) is 26.5. The molecule has 2 aliphatic rings. The van der Waals surface area contributed by atoms with Crippen molar-refractivity contribution >= 4 is 17.9 Å². The van der Waals surface area contributed by atoms with Gasteiger partial charge in [-0.1, -0.05) is 57.7 Å². The smallest absolute Gasteiger partial charge is 0.340 e. The fourth-order valence-corrected chi connectivity index (χ4v) is 5.21. The number of fused-ring (bicyclic) bond motifs is 6. The minimum absolute atomic E-state index is 0.295. The summed E-state index contributed by atoms with van der Waals surface area (Å²) in [4.78, 5) is 37.6. The molecule has 0 fully saturated rings. The highest BCUT2D eigenvalue weighted by Gasteiger charge is 2.53. The molecule has 0 bridgehead atoms. The van der Waals surface area contributed by atoms with Gasteiger partial charge in [0.2, 0.25) is 0 Å². The Morgan fingerprint density at radius 1 is 0.718 bits per heavy atom. The maximum Gasteiger partial charge on any atom is 0.340 e. The number of rotatable bonds is 10. The monoisotopic (exact) mass is 528 g/mol. The molecule has 1 atom stereocenters. The van der Waals surface area contributed by atoms with Crippen LogP contribution in [0.3, 0.4) is 0 Å². The maximum atomic E-state index is 13.0. The summed E-state index contributed by atoms with van der Waals surface area (Å²) in [5, 5.41) is 0. The number of esters is 3. The molecule has 3 aromatic carbocycles. The molecule has 0 aromatic heterocycles. The van der Waals surface area contributed by atoms with Crippen LogP contribution in [0.15, 0.2) is 60.7 Å². The third kappa shape index (κ3) is 5.13. The fourth-order valence-electron chi connectivity index (χ4n) is 5.21. The lowest BCUT2D eigenvalue weighted by Gasteiger charge is -2.36. The molecule has 0 saturated carbocycles. The second-order valence-corrected chi connectivity index (χ2v) is 9.90. The van der Waals surface area contributed by atoms with Gasteiger partial charge in [0.15, 0.2) is 5.60 Å². The van der Waals surface area contributed by atoms with E-state index in [1.807, 2.05) is 19.1 Å². The molecule has 1 unspecified atom stereocenters. The molecule has 0 N–H and O–H groups in total. The number of benzene rings is 3. The van der Waals surface area contributed by atoms with E-state index in [1.165, 1.54) is 0 Å². The van der Waals surface area contributed by atoms with E-state index < -0.39 is 11.6 Å². The van der Waals surface area contributed by atoms with E-state index in [0.717, 1.165) is 32.1 Å². The highest BCUT2D eigenvalue weighted by atomic mass is 16.6. The van der Waals surface area contributed by atoms with Gasteiger partial charge in [0.1, 0.15) is 23.0 Å². The van der Waals surface area contributed by atoms with Crippen LogP contribution in [0, 0.1) is 0 Å². The van der Waals surface area contributed by atoms with E-state index >= 15 is 0 Å². The van der Waals surface area contributed by atoms with Crippen molar-refractivity contribution in [3.05, 3.63) is 82.9 Å². The Kier molecular flexibility index (Phi) is 7.68. The van der Waals surface area contributed by atoms with Gasteiger partial charge in [-0.05, 0) is 43.2 Å². The van der Waals surface area contributed by atoms with Crippen LogP contribution in [-0.2, 0) is 19.9 Å². The van der Waals surface area contributed by atoms with Crippen molar-refractivity contribution in [3.8, 4) is 23.0 Å². The molecule has 39 heavy (non-hydrogen) atoms. The zero-order valence-corrected chi connectivity index (χ0v) is 22.3. The lowest BCUT2D eigenvalue weighted by molar-refractivity contribution is -0.135. The molecule has 202 valence electrons. The van der Waals surface area contributed by atoms with Crippen LogP contribution in [-0.4, -0.2) is 17.9 Å². The van der Waals surface area contributed by atoms with Crippen LogP contribution in [0.4, 0.5) is 0 Å². The molecule has 2 aliphatic heterocycles. The van der Waals surface area contributed by atoms with Gasteiger partial charge < -0.3 is 18.9 Å². The Balaban J connectivity index is 1.50. The van der Waals surface area contributed by atoms with Crippen LogP contribution < -0.4 is 14.2 Å². The largest absolute Gasteiger partial charge is 0.456 e. The molecule has 0 amide bonds. The quantitative estimate of drug-likeness (QED) is 0.156. The summed E-state index contributed by atoms with van der Waals surface area (Å²) >= 11 is 0. The Morgan fingerprint density at radius 3 is 1.97 bits per heavy atom. The number of hydrogen-bond donors (Lipinski definition) is 0. The van der Waals surface area contributed by atoms with Gasteiger partial charge >= 0.3 is 17.9 Å². The van der Waals surface area contributed by atoms with Crippen LogP contribution in [0.25, 0.3) is 0 Å². The summed E-state index contributed by atoms with van der Waals surface area (Å²) in [6, 6.07) is 17.4. The summed E-state index contributed by atoms with van der Waals surface area (Å²) in [7, 11) is 0. The van der Waals surface area contributed by atoms with Crippen molar-refractivity contribution in [2.75, 3.05) is 0 Å². The van der Waals surface area contributed by atoms with E-state index in [-0.39, 0.29) is 11.9 Å². The Hall–Kier alpha value is -4.13. The van der Waals surface area contributed by atoms with Gasteiger partial charge in [-0.3, -0.25) is 9.59 Å². The number of ether oxygens (including phenoxy) is 4. The molecule has 7 heteroatoms. The normalized spacial score (nSPS) is 16.5. The molecule has 0 saturated heterocycles. The molecule has 7 nitrogen and oxygen atoms in total. The fraction of sp³-hybridized carbons (Fsp3) is 0.344. The highest BCUT2D eigenvalue weighted by molar-refractivity contribution is 5.97.